The third-order valence-corrected chi connectivity index (χ3v) is 4.95. The molecule has 0 atom stereocenters. The van der Waals surface area contributed by atoms with E-state index in [1.54, 1.807) is 25.3 Å². The van der Waals surface area contributed by atoms with Crippen molar-refractivity contribution < 1.29 is 14.5 Å². The lowest BCUT2D eigenvalue weighted by atomic mass is 10.1. The fourth-order valence-corrected chi connectivity index (χ4v) is 3.21. The van der Waals surface area contributed by atoms with E-state index in [0.29, 0.717) is 29.6 Å². The Morgan fingerprint density at radius 2 is 2.04 bits per heavy atom. The summed E-state index contributed by atoms with van der Waals surface area (Å²) in [7, 11) is 0. The summed E-state index contributed by atoms with van der Waals surface area (Å²) >= 11 is 1.35. The minimum absolute atomic E-state index is 0.114. The molecule has 0 radical (unpaired) electrons. The highest BCUT2D eigenvalue weighted by Gasteiger charge is 2.22. The summed E-state index contributed by atoms with van der Waals surface area (Å²) in [4.78, 5) is 42.5. The molecule has 8 nitrogen and oxygen atoms in total. The average molecular weight is 404 g/mol. The van der Waals surface area contributed by atoms with Gasteiger partial charge in [-0.1, -0.05) is 19.9 Å². The number of thiazole rings is 1. The van der Waals surface area contributed by atoms with Crippen molar-refractivity contribution in [2.45, 2.75) is 34.1 Å². The van der Waals surface area contributed by atoms with Crippen LogP contribution in [-0.2, 0) is 4.79 Å². The molecule has 2 rings (SSSR count). The second-order valence-electron chi connectivity index (χ2n) is 6.99. The summed E-state index contributed by atoms with van der Waals surface area (Å²) in [5.41, 5.74) is 0.559. The molecule has 2 amide bonds. The Hall–Kier alpha value is -2.81. The van der Waals surface area contributed by atoms with Gasteiger partial charge in [0.15, 0.2) is 5.13 Å². The molecule has 1 heterocycles. The first kappa shape index (κ1) is 21.5. The quantitative estimate of drug-likeness (QED) is 0.532. The van der Waals surface area contributed by atoms with E-state index in [0.717, 1.165) is 4.88 Å². The number of nitro groups is 1. The van der Waals surface area contributed by atoms with Gasteiger partial charge in [0, 0.05) is 34.8 Å². The van der Waals surface area contributed by atoms with E-state index in [-0.39, 0.29) is 23.7 Å². The zero-order valence-corrected chi connectivity index (χ0v) is 17.2. The van der Waals surface area contributed by atoms with Crippen molar-refractivity contribution in [3.8, 4) is 0 Å². The number of nitro benzene ring substituents is 1. The minimum Gasteiger partial charge on any atom is -0.329 e. The summed E-state index contributed by atoms with van der Waals surface area (Å²) in [5.74, 6) is -0.422. The molecule has 2 aromatic rings. The largest absolute Gasteiger partial charge is 0.329 e. The van der Waals surface area contributed by atoms with E-state index in [1.165, 1.54) is 22.3 Å². The molecule has 0 unspecified atom stereocenters. The van der Waals surface area contributed by atoms with Crippen molar-refractivity contribution in [1.82, 2.24) is 9.88 Å². The molecule has 0 saturated heterocycles. The Bertz CT molecular complexity index is 879. The van der Waals surface area contributed by atoms with Crippen LogP contribution in [0.15, 0.2) is 24.4 Å². The zero-order chi connectivity index (χ0) is 20.8. The maximum atomic E-state index is 12.9. The van der Waals surface area contributed by atoms with Crippen LogP contribution >= 0.6 is 11.3 Å². The number of hydrogen-bond acceptors (Lipinski definition) is 6. The summed E-state index contributed by atoms with van der Waals surface area (Å²) in [6.45, 7) is 7.78. The number of aryl methyl sites for hydroxylation is 2. The Morgan fingerprint density at radius 3 is 2.61 bits per heavy atom. The zero-order valence-electron chi connectivity index (χ0n) is 16.4. The first-order chi connectivity index (χ1) is 13.2. The summed E-state index contributed by atoms with van der Waals surface area (Å²) < 4.78 is 0. The predicted molar refractivity (Wildman–Crippen MR) is 109 cm³/mol. The molecular formula is C19H24N4O4S. The number of aromatic nitrogens is 1. The molecule has 1 N–H and O–H groups in total. The van der Waals surface area contributed by atoms with Gasteiger partial charge in [-0.3, -0.25) is 19.7 Å². The van der Waals surface area contributed by atoms with Crippen LogP contribution in [0.2, 0.25) is 0 Å². The standard InChI is InChI=1S/C19H24N4O4S/c1-12(2)7-8-22(11-17(24)21-19-20-10-14(4)28-19)18(25)15-6-5-13(3)16(9-15)23(26)27/h5-6,9-10,12H,7-8,11H2,1-4H3,(H,20,21,24). The second kappa shape index (κ2) is 9.41. The number of hydrogen-bond donors (Lipinski definition) is 1. The maximum absolute atomic E-state index is 12.9. The van der Waals surface area contributed by atoms with Gasteiger partial charge in [-0.15, -0.1) is 11.3 Å². The third-order valence-electron chi connectivity index (χ3n) is 4.12. The molecule has 0 aliphatic heterocycles. The average Bonchev–Trinajstić information content (AvgIpc) is 3.02. The van der Waals surface area contributed by atoms with Crippen molar-refractivity contribution in [2.75, 3.05) is 18.4 Å². The van der Waals surface area contributed by atoms with Gasteiger partial charge < -0.3 is 10.2 Å². The van der Waals surface area contributed by atoms with Crippen molar-refractivity contribution in [3.63, 3.8) is 0 Å². The van der Waals surface area contributed by atoms with Crippen LogP contribution < -0.4 is 5.32 Å². The summed E-state index contributed by atoms with van der Waals surface area (Å²) in [5, 5.41) is 14.3. The normalized spacial score (nSPS) is 10.8. The summed E-state index contributed by atoms with van der Waals surface area (Å²) in [6, 6.07) is 4.36. The molecule has 0 saturated carbocycles. The van der Waals surface area contributed by atoms with Crippen molar-refractivity contribution in [2.24, 2.45) is 5.92 Å². The van der Waals surface area contributed by atoms with Crippen molar-refractivity contribution in [3.05, 3.63) is 50.5 Å². The molecule has 0 bridgehead atoms. The van der Waals surface area contributed by atoms with Gasteiger partial charge in [0.2, 0.25) is 5.91 Å². The maximum Gasteiger partial charge on any atom is 0.273 e. The van der Waals surface area contributed by atoms with E-state index >= 15 is 0 Å². The minimum atomic E-state index is -0.512. The fraction of sp³-hybridized carbons (Fsp3) is 0.421. The molecule has 0 spiro atoms. The monoisotopic (exact) mass is 404 g/mol. The number of carbonyl (C=O) groups excluding carboxylic acids is 2. The van der Waals surface area contributed by atoms with Crippen LogP contribution in [-0.4, -0.2) is 39.7 Å². The highest BCUT2D eigenvalue weighted by Crippen LogP contribution is 2.21. The smallest absolute Gasteiger partial charge is 0.273 e. The molecule has 0 aliphatic rings. The molecule has 0 fully saturated rings. The number of carbonyl (C=O) groups is 2. The third kappa shape index (κ3) is 5.85. The van der Waals surface area contributed by atoms with Crippen LogP contribution in [0.1, 0.15) is 41.1 Å². The van der Waals surface area contributed by atoms with Gasteiger partial charge in [-0.2, -0.15) is 0 Å². The van der Waals surface area contributed by atoms with E-state index in [4.69, 9.17) is 0 Å². The van der Waals surface area contributed by atoms with E-state index < -0.39 is 10.8 Å². The lowest BCUT2D eigenvalue weighted by Gasteiger charge is -2.23. The van der Waals surface area contributed by atoms with Crippen molar-refractivity contribution in [1.29, 1.82) is 0 Å². The highest BCUT2D eigenvalue weighted by molar-refractivity contribution is 7.15. The van der Waals surface area contributed by atoms with Crippen LogP contribution in [0.3, 0.4) is 0 Å². The molecule has 9 heteroatoms. The lowest BCUT2D eigenvalue weighted by Crippen LogP contribution is -2.39. The van der Waals surface area contributed by atoms with Crippen LogP contribution in [0.25, 0.3) is 0 Å². The van der Waals surface area contributed by atoms with E-state index in [2.05, 4.69) is 10.3 Å². The molecule has 28 heavy (non-hydrogen) atoms. The molecular weight excluding hydrogens is 380 g/mol. The van der Waals surface area contributed by atoms with Gasteiger partial charge in [0.05, 0.1) is 4.92 Å². The Labute approximate surface area is 167 Å². The molecule has 1 aromatic heterocycles. The van der Waals surface area contributed by atoms with E-state index in [1.807, 2.05) is 20.8 Å². The predicted octanol–water partition coefficient (Wildman–Crippen LogP) is 3.80. The van der Waals surface area contributed by atoms with E-state index in [9.17, 15) is 19.7 Å². The number of anilines is 1. The first-order valence-electron chi connectivity index (χ1n) is 8.94. The molecule has 150 valence electrons. The number of benzene rings is 1. The van der Waals surface area contributed by atoms with Crippen LogP contribution in [0.4, 0.5) is 10.8 Å². The summed E-state index contributed by atoms with van der Waals surface area (Å²) in [6.07, 6.45) is 2.37. The Balaban J connectivity index is 2.19. The van der Waals surface area contributed by atoms with Gasteiger partial charge in [0.1, 0.15) is 6.54 Å². The molecule has 0 aliphatic carbocycles. The Morgan fingerprint density at radius 1 is 1.32 bits per heavy atom. The molecule has 1 aromatic carbocycles. The first-order valence-corrected chi connectivity index (χ1v) is 9.75. The lowest BCUT2D eigenvalue weighted by molar-refractivity contribution is -0.385. The van der Waals surface area contributed by atoms with Gasteiger partial charge in [-0.25, -0.2) is 4.98 Å². The Kier molecular flexibility index (Phi) is 7.22. The number of nitrogens with zero attached hydrogens (tertiary/aromatic N) is 3. The van der Waals surface area contributed by atoms with Gasteiger partial charge >= 0.3 is 0 Å². The number of amides is 2. The van der Waals surface area contributed by atoms with Gasteiger partial charge in [0.25, 0.3) is 11.6 Å². The van der Waals surface area contributed by atoms with Crippen molar-refractivity contribution >= 4 is 34.0 Å². The SMILES string of the molecule is Cc1cnc(NC(=O)CN(CCC(C)C)C(=O)c2ccc(C)c([N+](=O)[O-])c2)s1. The number of nitrogens with one attached hydrogen (secondary N) is 1. The number of rotatable bonds is 8. The second-order valence-corrected chi connectivity index (χ2v) is 8.23. The van der Waals surface area contributed by atoms with Crippen LogP contribution in [0.5, 0.6) is 0 Å². The van der Waals surface area contributed by atoms with Gasteiger partial charge in [-0.05, 0) is 32.3 Å². The fourth-order valence-electron chi connectivity index (χ4n) is 2.53. The van der Waals surface area contributed by atoms with Crippen LogP contribution in [0, 0.1) is 29.9 Å². The highest BCUT2D eigenvalue weighted by atomic mass is 32.1. The topological polar surface area (TPSA) is 105 Å².